The summed E-state index contributed by atoms with van der Waals surface area (Å²) >= 11 is 0. The average molecular weight is 244 g/mol. The molecule has 0 bridgehead atoms. The number of benzene rings is 1. The summed E-state index contributed by atoms with van der Waals surface area (Å²) in [6, 6.07) is 8.19. The van der Waals surface area contributed by atoms with Gasteiger partial charge < -0.3 is 4.74 Å². The van der Waals surface area contributed by atoms with E-state index in [-0.39, 0.29) is 12.5 Å². The van der Waals surface area contributed by atoms with E-state index >= 15 is 0 Å². The Morgan fingerprint density at radius 1 is 1.28 bits per heavy atom. The summed E-state index contributed by atoms with van der Waals surface area (Å²) < 4.78 is 6.47. The fraction of sp³-hybridized carbons (Fsp3) is 0.286. The van der Waals surface area contributed by atoms with E-state index < -0.39 is 0 Å². The van der Waals surface area contributed by atoms with Gasteiger partial charge in [-0.3, -0.25) is 9.48 Å². The van der Waals surface area contributed by atoms with E-state index in [1.54, 1.807) is 17.8 Å². The molecule has 2 rings (SSSR count). The van der Waals surface area contributed by atoms with Crippen LogP contribution in [0.1, 0.15) is 12.5 Å². The predicted molar refractivity (Wildman–Crippen MR) is 69.0 cm³/mol. The molecule has 1 aromatic carbocycles. The molecule has 0 unspecified atom stereocenters. The molecule has 94 valence electrons. The second kappa shape index (κ2) is 5.49. The monoisotopic (exact) mass is 244 g/mol. The van der Waals surface area contributed by atoms with Crippen molar-refractivity contribution in [2.75, 3.05) is 6.61 Å². The first-order valence-corrected chi connectivity index (χ1v) is 5.94. The second-order valence-electron chi connectivity index (χ2n) is 4.10. The Bertz CT molecular complexity index is 529. The highest BCUT2D eigenvalue weighted by Crippen LogP contribution is 2.18. The van der Waals surface area contributed by atoms with Crippen LogP contribution in [0.25, 0.3) is 11.1 Å². The zero-order chi connectivity index (χ0) is 13.0. The molecule has 18 heavy (non-hydrogen) atoms. The van der Waals surface area contributed by atoms with E-state index in [1.807, 2.05) is 25.3 Å². The van der Waals surface area contributed by atoms with Crippen LogP contribution in [0, 0.1) is 6.92 Å². The van der Waals surface area contributed by atoms with Gasteiger partial charge in [-0.15, -0.1) is 0 Å². The fourth-order valence-electron chi connectivity index (χ4n) is 1.68. The Labute approximate surface area is 106 Å². The summed E-state index contributed by atoms with van der Waals surface area (Å²) in [7, 11) is 0. The van der Waals surface area contributed by atoms with E-state index in [4.69, 9.17) is 4.74 Å². The number of aryl methyl sites for hydroxylation is 1. The van der Waals surface area contributed by atoms with Crippen LogP contribution in [-0.2, 0) is 16.1 Å². The highest BCUT2D eigenvalue weighted by Gasteiger charge is 2.06. The first-order chi connectivity index (χ1) is 8.69. The topological polar surface area (TPSA) is 44.1 Å². The molecular formula is C14H16N2O2. The standard InChI is InChI=1S/C14H16N2O2/c1-3-18-14(17)10-16-9-13(8-15-16)12-6-4-11(2)5-7-12/h4-9H,3,10H2,1-2H3. The predicted octanol–water partition coefficient (Wildman–Crippen LogP) is 2.42. The lowest BCUT2D eigenvalue weighted by atomic mass is 10.1. The SMILES string of the molecule is CCOC(=O)Cn1cc(-c2ccc(C)cc2)cn1. The number of esters is 1. The summed E-state index contributed by atoms with van der Waals surface area (Å²) in [5.74, 6) is -0.268. The number of carbonyl (C=O) groups is 1. The number of hydrogen-bond acceptors (Lipinski definition) is 3. The third-order valence-electron chi connectivity index (χ3n) is 2.61. The van der Waals surface area contributed by atoms with E-state index in [0.717, 1.165) is 11.1 Å². The molecule has 0 saturated carbocycles. The number of rotatable bonds is 4. The number of nitrogens with zero attached hydrogens (tertiary/aromatic N) is 2. The summed E-state index contributed by atoms with van der Waals surface area (Å²) in [6.45, 7) is 4.39. The summed E-state index contributed by atoms with van der Waals surface area (Å²) in [4.78, 5) is 11.3. The Morgan fingerprint density at radius 3 is 2.67 bits per heavy atom. The van der Waals surface area contributed by atoms with Crippen molar-refractivity contribution in [1.82, 2.24) is 9.78 Å². The molecule has 0 aliphatic rings. The molecule has 1 aromatic heterocycles. The highest BCUT2D eigenvalue weighted by atomic mass is 16.5. The minimum atomic E-state index is -0.268. The van der Waals surface area contributed by atoms with Crippen molar-refractivity contribution in [3.8, 4) is 11.1 Å². The molecule has 0 aliphatic carbocycles. The first-order valence-electron chi connectivity index (χ1n) is 5.94. The van der Waals surface area contributed by atoms with E-state index in [2.05, 4.69) is 17.2 Å². The van der Waals surface area contributed by atoms with Gasteiger partial charge in [-0.2, -0.15) is 5.10 Å². The van der Waals surface area contributed by atoms with Gasteiger partial charge in [0, 0.05) is 11.8 Å². The average Bonchev–Trinajstić information content (AvgIpc) is 2.78. The smallest absolute Gasteiger partial charge is 0.327 e. The van der Waals surface area contributed by atoms with E-state index in [9.17, 15) is 4.79 Å². The van der Waals surface area contributed by atoms with Gasteiger partial charge in [0.05, 0.1) is 12.8 Å². The maximum atomic E-state index is 11.3. The van der Waals surface area contributed by atoms with Gasteiger partial charge in [0.15, 0.2) is 0 Å². The van der Waals surface area contributed by atoms with Crippen molar-refractivity contribution in [1.29, 1.82) is 0 Å². The third-order valence-corrected chi connectivity index (χ3v) is 2.61. The zero-order valence-electron chi connectivity index (χ0n) is 10.6. The Hall–Kier alpha value is -2.10. The van der Waals surface area contributed by atoms with Gasteiger partial charge in [-0.05, 0) is 19.4 Å². The van der Waals surface area contributed by atoms with Crippen LogP contribution >= 0.6 is 0 Å². The maximum Gasteiger partial charge on any atom is 0.327 e. The Balaban J connectivity index is 2.10. The second-order valence-corrected chi connectivity index (χ2v) is 4.10. The van der Waals surface area contributed by atoms with Crippen LogP contribution in [0.15, 0.2) is 36.7 Å². The maximum absolute atomic E-state index is 11.3. The molecule has 0 radical (unpaired) electrons. The minimum absolute atomic E-state index is 0.152. The Kier molecular flexibility index (Phi) is 3.77. The first kappa shape index (κ1) is 12.4. The van der Waals surface area contributed by atoms with Gasteiger partial charge in [-0.1, -0.05) is 29.8 Å². The van der Waals surface area contributed by atoms with E-state index in [0.29, 0.717) is 6.61 Å². The summed E-state index contributed by atoms with van der Waals surface area (Å²) in [5.41, 5.74) is 3.31. The molecule has 1 heterocycles. The molecule has 4 heteroatoms. The third kappa shape index (κ3) is 2.97. The lowest BCUT2D eigenvalue weighted by molar-refractivity contribution is -0.144. The molecule has 2 aromatic rings. The van der Waals surface area contributed by atoms with Gasteiger partial charge >= 0.3 is 5.97 Å². The lowest BCUT2D eigenvalue weighted by Gasteiger charge is -2.01. The number of carbonyl (C=O) groups excluding carboxylic acids is 1. The minimum Gasteiger partial charge on any atom is -0.465 e. The normalized spacial score (nSPS) is 10.3. The largest absolute Gasteiger partial charge is 0.465 e. The molecule has 0 N–H and O–H groups in total. The molecular weight excluding hydrogens is 228 g/mol. The van der Waals surface area contributed by atoms with Gasteiger partial charge in [0.1, 0.15) is 6.54 Å². The summed E-state index contributed by atoms with van der Waals surface area (Å²) in [5, 5.41) is 4.15. The molecule has 0 atom stereocenters. The van der Waals surface area contributed by atoms with Crippen molar-refractivity contribution in [3.63, 3.8) is 0 Å². The molecule has 0 amide bonds. The number of aromatic nitrogens is 2. The van der Waals surface area contributed by atoms with Gasteiger partial charge in [-0.25, -0.2) is 0 Å². The molecule has 0 aliphatic heterocycles. The van der Waals surface area contributed by atoms with Gasteiger partial charge in [0.2, 0.25) is 0 Å². The van der Waals surface area contributed by atoms with Crippen molar-refractivity contribution in [2.45, 2.75) is 20.4 Å². The zero-order valence-corrected chi connectivity index (χ0v) is 10.6. The van der Waals surface area contributed by atoms with Crippen LogP contribution in [0.4, 0.5) is 0 Å². The van der Waals surface area contributed by atoms with Crippen LogP contribution < -0.4 is 0 Å². The molecule has 0 saturated heterocycles. The van der Waals surface area contributed by atoms with Crippen molar-refractivity contribution in [3.05, 3.63) is 42.2 Å². The van der Waals surface area contributed by atoms with Crippen LogP contribution in [0.5, 0.6) is 0 Å². The van der Waals surface area contributed by atoms with Crippen molar-refractivity contribution >= 4 is 5.97 Å². The number of hydrogen-bond donors (Lipinski definition) is 0. The van der Waals surface area contributed by atoms with Crippen LogP contribution in [0.3, 0.4) is 0 Å². The fourth-order valence-corrected chi connectivity index (χ4v) is 1.68. The highest BCUT2D eigenvalue weighted by molar-refractivity contribution is 5.69. The molecule has 0 spiro atoms. The lowest BCUT2D eigenvalue weighted by Crippen LogP contribution is -2.13. The molecule has 4 nitrogen and oxygen atoms in total. The molecule has 0 fully saturated rings. The van der Waals surface area contributed by atoms with Crippen molar-refractivity contribution < 1.29 is 9.53 Å². The van der Waals surface area contributed by atoms with E-state index in [1.165, 1.54) is 5.56 Å². The Morgan fingerprint density at radius 2 is 2.00 bits per heavy atom. The van der Waals surface area contributed by atoms with Crippen LogP contribution in [0.2, 0.25) is 0 Å². The summed E-state index contributed by atoms with van der Waals surface area (Å²) in [6.07, 6.45) is 3.60. The number of ether oxygens (including phenoxy) is 1. The van der Waals surface area contributed by atoms with Crippen LogP contribution in [-0.4, -0.2) is 22.4 Å². The van der Waals surface area contributed by atoms with Crippen molar-refractivity contribution in [2.24, 2.45) is 0 Å². The quantitative estimate of drug-likeness (QED) is 0.776. The van der Waals surface area contributed by atoms with Gasteiger partial charge in [0.25, 0.3) is 0 Å².